The SMILES string of the molecule is CC(=NO)c1cccc(OCCOCC(F)(F)F)c1. The molecule has 0 saturated carbocycles. The summed E-state index contributed by atoms with van der Waals surface area (Å²) in [6, 6.07) is 6.69. The lowest BCUT2D eigenvalue weighted by molar-refractivity contribution is -0.175. The van der Waals surface area contributed by atoms with Crippen LogP contribution in [0, 0.1) is 0 Å². The van der Waals surface area contributed by atoms with Crippen molar-refractivity contribution < 1.29 is 27.9 Å². The summed E-state index contributed by atoms with van der Waals surface area (Å²) in [6.45, 7) is 0.184. The maximum absolute atomic E-state index is 11.8. The van der Waals surface area contributed by atoms with E-state index in [2.05, 4.69) is 9.89 Å². The molecule has 0 fully saturated rings. The smallest absolute Gasteiger partial charge is 0.411 e. The summed E-state index contributed by atoms with van der Waals surface area (Å²) in [4.78, 5) is 0. The molecule has 0 saturated heterocycles. The minimum Gasteiger partial charge on any atom is -0.491 e. The van der Waals surface area contributed by atoms with Crippen LogP contribution in [-0.4, -0.2) is 36.9 Å². The van der Waals surface area contributed by atoms with E-state index in [0.717, 1.165) is 0 Å². The Kier molecular flexibility index (Phi) is 5.62. The van der Waals surface area contributed by atoms with Crippen LogP contribution in [0.15, 0.2) is 29.4 Å². The molecule has 0 aromatic heterocycles. The van der Waals surface area contributed by atoms with Crippen molar-refractivity contribution >= 4 is 5.71 Å². The van der Waals surface area contributed by atoms with Crippen LogP contribution in [0.4, 0.5) is 13.2 Å². The molecule has 0 aliphatic carbocycles. The van der Waals surface area contributed by atoms with Crippen molar-refractivity contribution in [2.45, 2.75) is 13.1 Å². The Morgan fingerprint density at radius 3 is 2.68 bits per heavy atom. The number of alkyl halides is 3. The molecule has 19 heavy (non-hydrogen) atoms. The number of nitrogens with zero attached hydrogens (tertiary/aromatic N) is 1. The van der Waals surface area contributed by atoms with Gasteiger partial charge in [0.1, 0.15) is 19.0 Å². The van der Waals surface area contributed by atoms with Crippen LogP contribution in [0.5, 0.6) is 5.75 Å². The van der Waals surface area contributed by atoms with Gasteiger partial charge in [0.25, 0.3) is 0 Å². The Balaban J connectivity index is 2.38. The van der Waals surface area contributed by atoms with Crippen LogP contribution in [0.2, 0.25) is 0 Å². The number of rotatable bonds is 6. The summed E-state index contributed by atoms with van der Waals surface area (Å²) < 4.78 is 45.0. The number of benzene rings is 1. The van der Waals surface area contributed by atoms with Gasteiger partial charge in [0.15, 0.2) is 0 Å². The summed E-state index contributed by atoms with van der Waals surface area (Å²) >= 11 is 0. The molecule has 0 bridgehead atoms. The van der Waals surface area contributed by atoms with Gasteiger partial charge >= 0.3 is 6.18 Å². The fraction of sp³-hybridized carbons (Fsp3) is 0.417. The van der Waals surface area contributed by atoms with Gasteiger partial charge in [-0.2, -0.15) is 13.2 Å². The molecule has 1 aromatic carbocycles. The van der Waals surface area contributed by atoms with Gasteiger partial charge in [-0.05, 0) is 19.1 Å². The molecule has 0 spiro atoms. The second-order valence-corrected chi connectivity index (χ2v) is 3.73. The van der Waals surface area contributed by atoms with Crippen LogP contribution in [-0.2, 0) is 4.74 Å². The van der Waals surface area contributed by atoms with Gasteiger partial charge in [0.2, 0.25) is 0 Å². The van der Waals surface area contributed by atoms with Crippen molar-refractivity contribution in [2.75, 3.05) is 19.8 Å². The van der Waals surface area contributed by atoms with Crippen molar-refractivity contribution in [2.24, 2.45) is 5.16 Å². The molecule has 0 radical (unpaired) electrons. The van der Waals surface area contributed by atoms with Crippen LogP contribution >= 0.6 is 0 Å². The molecule has 0 aliphatic rings. The van der Waals surface area contributed by atoms with Gasteiger partial charge in [-0.25, -0.2) is 0 Å². The monoisotopic (exact) mass is 277 g/mol. The quantitative estimate of drug-likeness (QED) is 0.376. The third kappa shape index (κ3) is 6.10. The molecule has 1 N–H and O–H groups in total. The Labute approximate surface area is 108 Å². The van der Waals surface area contributed by atoms with E-state index >= 15 is 0 Å². The zero-order chi connectivity index (χ0) is 14.3. The fourth-order valence-electron chi connectivity index (χ4n) is 1.28. The topological polar surface area (TPSA) is 51.1 Å². The number of oxime groups is 1. The number of hydrogen-bond acceptors (Lipinski definition) is 4. The van der Waals surface area contributed by atoms with Crippen molar-refractivity contribution in [1.82, 2.24) is 0 Å². The molecule has 0 unspecified atom stereocenters. The van der Waals surface area contributed by atoms with Gasteiger partial charge in [-0.15, -0.1) is 0 Å². The highest BCUT2D eigenvalue weighted by Gasteiger charge is 2.27. The summed E-state index contributed by atoms with van der Waals surface area (Å²) in [5, 5.41) is 11.7. The minimum atomic E-state index is -4.32. The summed E-state index contributed by atoms with van der Waals surface area (Å²) in [7, 11) is 0. The third-order valence-corrected chi connectivity index (χ3v) is 2.16. The van der Waals surface area contributed by atoms with Crippen molar-refractivity contribution in [3.63, 3.8) is 0 Å². The molecule has 106 valence electrons. The Morgan fingerprint density at radius 1 is 1.32 bits per heavy atom. The van der Waals surface area contributed by atoms with E-state index in [1.54, 1.807) is 31.2 Å². The second kappa shape index (κ2) is 6.98. The van der Waals surface area contributed by atoms with E-state index in [1.165, 1.54) is 0 Å². The molecule has 0 heterocycles. The second-order valence-electron chi connectivity index (χ2n) is 3.73. The average Bonchev–Trinajstić information content (AvgIpc) is 2.36. The van der Waals surface area contributed by atoms with Crippen LogP contribution < -0.4 is 4.74 Å². The summed E-state index contributed by atoms with van der Waals surface area (Å²) in [5.41, 5.74) is 1.08. The molecule has 0 atom stereocenters. The first-order valence-electron chi connectivity index (χ1n) is 5.49. The molecule has 0 aliphatic heterocycles. The molecule has 4 nitrogen and oxygen atoms in total. The summed E-state index contributed by atoms with van der Waals surface area (Å²) in [6.07, 6.45) is -4.32. The molecule has 1 rings (SSSR count). The molecular weight excluding hydrogens is 263 g/mol. The maximum atomic E-state index is 11.8. The van der Waals surface area contributed by atoms with Crippen molar-refractivity contribution in [3.8, 4) is 5.75 Å². The lowest BCUT2D eigenvalue weighted by Gasteiger charge is -2.09. The third-order valence-electron chi connectivity index (χ3n) is 2.16. The van der Waals surface area contributed by atoms with E-state index in [9.17, 15) is 13.2 Å². The maximum Gasteiger partial charge on any atom is 0.411 e. The Hall–Kier alpha value is -1.76. The number of ether oxygens (including phenoxy) is 2. The zero-order valence-corrected chi connectivity index (χ0v) is 10.3. The summed E-state index contributed by atoms with van der Waals surface area (Å²) in [5.74, 6) is 0.469. The predicted molar refractivity (Wildman–Crippen MR) is 62.8 cm³/mol. The normalized spacial score (nSPS) is 12.5. The first kappa shape index (κ1) is 15.3. The predicted octanol–water partition coefficient (Wildman–Crippen LogP) is 2.84. The van der Waals surface area contributed by atoms with E-state index in [0.29, 0.717) is 17.0 Å². The van der Waals surface area contributed by atoms with Crippen molar-refractivity contribution in [3.05, 3.63) is 29.8 Å². The fourth-order valence-corrected chi connectivity index (χ4v) is 1.28. The molecule has 0 amide bonds. The molecule has 7 heteroatoms. The van der Waals surface area contributed by atoms with Gasteiger partial charge in [-0.1, -0.05) is 17.3 Å². The standard InChI is InChI=1S/C12H14F3NO3/c1-9(16-17)10-3-2-4-11(7-10)19-6-5-18-8-12(13,14)15/h2-4,7,17H,5-6,8H2,1H3. The van der Waals surface area contributed by atoms with Gasteiger partial charge < -0.3 is 14.7 Å². The van der Waals surface area contributed by atoms with Crippen molar-refractivity contribution in [1.29, 1.82) is 0 Å². The van der Waals surface area contributed by atoms with Gasteiger partial charge in [0, 0.05) is 5.56 Å². The Morgan fingerprint density at radius 2 is 2.05 bits per heavy atom. The molecule has 1 aromatic rings. The number of hydrogen-bond donors (Lipinski definition) is 1. The molecular formula is C12H14F3NO3. The lowest BCUT2D eigenvalue weighted by Crippen LogP contribution is -2.19. The highest BCUT2D eigenvalue weighted by Crippen LogP contribution is 2.15. The highest BCUT2D eigenvalue weighted by atomic mass is 19.4. The van der Waals surface area contributed by atoms with Crippen LogP contribution in [0.25, 0.3) is 0 Å². The van der Waals surface area contributed by atoms with E-state index in [-0.39, 0.29) is 13.2 Å². The van der Waals surface area contributed by atoms with E-state index < -0.39 is 12.8 Å². The van der Waals surface area contributed by atoms with Gasteiger partial charge in [-0.3, -0.25) is 0 Å². The first-order chi connectivity index (χ1) is 8.92. The highest BCUT2D eigenvalue weighted by molar-refractivity contribution is 5.98. The van der Waals surface area contributed by atoms with Gasteiger partial charge in [0.05, 0.1) is 12.3 Å². The van der Waals surface area contributed by atoms with Crippen LogP contribution in [0.1, 0.15) is 12.5 Å². The van der Waals surface area contributed by atoms with E-state index in [4.69, 9.17) is 9.94 Å². The van der Waals surface area contributed by atoms with E-state index in [1.807, 2.05) is 0 Å². The zero-order valence-electron chi connectivity index (χ0n) is 10.3. The lowest BCUT2D eigenvalue weighted by atomic mass is 10.1. The number of halogens is 3. The largest absolute Gasteiger partial charge is 0.491 e. The Bertz CT molecular complexity index is 432. The minimum absolute atomic E-state index is 0.00878. The van der Waals surface area contributed by atoms with Crippen LogP contribution in [0.3, 0.4) is 0 Å². The average molecular weight is 277 g/mol. The first-order valence-corrected chi connectivity index (χ1v) is 5.49.